The standard InChI is InChI=1S/C23H29N3O3/c1-16-13-17(2)15-21(14-16)29-12-9-22(27)25-19-3-5-20(6-4-19)26-10-7-18(8-11-26)23(24)28/h3-6,13-15,18H,7-12H2,1-2H3,(H2,24,28)(H,25,27). The van der Waals surface area contributed by atoms with E-state index in [0.29, 0.717) is 6.61 Å². The number of benzene rings is 2. The molecule has 0 unspecified atom stereocenters. The van der Waals surface area contributed by atoms with Gasteiger partial charge in [-0.2, -0.15) is 0 Å². The molecule has 1 saturated heterocycles. The topological polar surface area (TPSA) is 84.7 Å². The van der Waals surface area contributed by atoms with E-state index in [4.69, 9.17) is 10.5 Å². The number of nitrogens with one attached hydrogen (secondary N) is 1. The minimum atomic E-state index is -0.204. The average molecular weight is 396 g/mol. The number of primary amides is 1. The molecule has 0 spiro atoms. The minimum Gasteiger partial charge on any atom is -0.493 e. The molecular weight excluding hydrogens is 366 g/mol. The van der Waals surface area contributed by atoms with E-state index in [0.717, 1.165) is 54.2 Å². The first-order valence-corrected chi connectivity index (χ1v) is 10.1. The van der Waals surface area contributed by atoms with E-state index in [2.05, 4.69) is 16.3 Å². The van der Waals surface area contributed by atoms with Crippen molar-refractivity contribution in [2.24, 2.45) is 11.7 Å². The van der Waals surface area contributed by atoms with Crippen molar-refractivity contribution in [2.75, 3.05) is 29.9 Å². The highest BCUT2D eigenvalue weighted by Crippen LogP contribution is 2.24. The van der Waals surface area contributed by atoms with Crippen LogP contribution in [0.15, 0.2) is 42.5 Å². The maximum atomic E-state index is 12.2. The normalized spacial score (nSPS) is 14.5. The summed E-state index contributed by atoms with van der Waals surface area (Å²) in [5.41, 5.74) is 9.52. The molecule has 3 N–H and O–H groups in total. The monoisotopic (exact) mass is 395 g/mol. The molecule has 154 valence electrons. The van der Waals surface area contributed by atoms with Gasteiger partial charge < -0.3 is 20.7 Å². The van der Waals surface area contributed by atoms with Gasteiger partial charge >= 0.3 is 0 Å². The van der Waals surface area contributed by atoms with Crippen LogP contribution in [-0.4, -0.2) is 31.5 Å². The zero-order valence-electron chi connectivity index (χ0n) is 17.1. The number of nitrogens with two attached hydrogens (primary N) is 1. The Labute approximate surface area is 172 Å². The van der Waals surface area contributed by atoms with Crippen molar-refractivity contribution in [3.63, 3.8) is 0 Å². The van der Waals surface area contributed by atoms with Crippen molar-refractivity contribution in [1.29, 1.82) is 0 Å². The fraction of sp³-hybridized carbons (Fsp3) is 0.391. The predicted octanol–water partition coefficient (Wildman–Crippen LogP) is 3.41. The number of ether oxygens (including phenoxy) is 1. The van der Waals surface area contributed by atoms with Crippen LogP contribution in [0.1, 0.15) is 30.4 Å². The number of anilines is 2. The molecule has 6 nitrogen and oxygen atoms in total. The lowest BCUT2D eigenvalue weighted by Gasteiger charge is -2.32. The third kappa shape index (κ3) is 5.98. The first-order valence-electron chi connectivity index (χ1n) is 10.1. The fourth-order valence-corrected chi connectivity index (χ4v) is 3.68. The maximum Gasteiger partial charge on any atom is 0.227 e. The third-order valence-electron chi connectivity index (χ3n) is 5.21. The Hall–Kier alpha value is -3.02. The Morgan fingerprint density at radius 3 is 2.28 bits per heavy atom. The Balaban J connectivity index is 1.44. The lowest BCUT2D eigenvalue weighted by molar-refractivity contribution is -0.122. The number of hydrogen-bond acceptors (Lipinski definition) is 4. The third-order valence-corrected chi connectivity index (χ3v) is 5.21. The van der Waals surface area contributed by atoms with Gasteiger partial charge in [-0.1, -0.05) is 6.07 Å². The van der Waals surface area contributed by atoms with Gasteiger partial charge in [0.2, 0.25) is 11.8 Å². The molecule has 0 radical (unpaired) electrons. The molecule has 2 aromatic carbocycles. The van der Waals surface area contributed by atoms with Crippen molar-refractivity contribution in [3.05, 3.63) is 53.6 Å². The van der Waals surface area contributed by atoms with E-state index >= 15 is 0 Å². The van der Waals surface area contributed by atoms with Crippen molar-refractivity contribution >= 4 is 23.2 Å². The van der Waals surface area contributed by atoms with Gasteiger partial charge in [0.25, 0.3) is 0 Å². The molecule has 1 aliphatic heterocycles. The Kier molecular flexibility index (Phi) is 6.75. The highest BCUT2D eigenvalue weighted by Gasteiger charge is 2.23. The van der Waals surface area contributed by atoms with Crippen molar-refractivity contribution < 1.29 is 14.3 Å². The van der Waals surface area contributed by atoms with Crippen LogP contribution in [0.3, 0.4) is 0 Å². The van der Waals surface area contributed by atoms with Crippen LogP contribution in [-0.2, 0) is 9.59 Å². The molecule has 29 heavy (non-hydrogen) atoms. The highest BCUT2D eigenvalue weighted by atomic mass is 16.5. The predicted molar refractivity (Wildman–Crippen MR) is 115 cm³/mol. The second-order valence-corrected chi connectivity index (χ2v) is 7.68. The molecule has 2 aromatic rings. The van der Waals surface area contributed by atoms with E-state index < -0.39 is 0 Å². The fourth-order valence-electron chi connectivity index (χ4n) is 3.68. The number of aryl methyl sites for hydroxylation is 2. The summed E-state index contributed by atoms with van der Waals surface area (Å²) in [5.74, 6) is 0.490. The molecule has 0 saturated carbocycles. The molecule has 1 aliphatic rings. The van der Waals surface area contributed by atoms with Gasteiger partial charge in [-0.25, -0.2) is 0 Å². The second kappa shape index (κ2) is 9.45. The summed E-state index contributed by atoms with van der Waals surface area (Å²) in [6, 6.07) is 13.8. The van der Waals surface area contributed by atoms with Crippen LogP contribution in [0.5, 0.6) is 5.75 Å². The summed E-state index contributed by atoms with van der Waals surface area (Å²) >= 11 is 0. The molecule has 0 bridgehead atoms. The van der Waals surface area contributed by atoms with Gasteiger partial charge in [0.15, 0.2) is 0 Å². The van der Waals surface area contributed by atoms with Crippen molar-refractivity contribution in [1.82, 2.24) is 0 Å². The molecule has 3 rings (SSSR count). The Morgan fingerprint density at radius 1 is 1.07 bits per heavy atom. The van der Waals surface area contributed by atoms with Gasteiger partial charge in [0.05, 0.1) is 13.0 Å². The maximum absolute atomic E-state index is 12.2. The SMILES string of the molecule is Cc1cc(C)cc(OCCC(=O)Nc2ccc(N3CCC(C(N)=O)CC3)cc2)c1. The molecule has 1 heterocycles. The highest BCUT2D eigenvalue weighted by molar-refractivity contribution is 5.91. The summed E-state index contributed by atoms with van der Waals surface area (Å²) in [5, 5.41) is 2.90. The minimum absolute atomic E-state index is 0.0178. The van der Waals surface area contributed by atoms with E-state index in [-0.39, 0.29) is 24.2 Å². The van der Waals surface area contributed by atoms with Crippen molar-refractivity contribution in [2.45, 2.75) is 33.1 Å². The summed E-state index contributed by atoms with van der Waals surface area (Å²) in [7, 11) is 0. The molecule has 2 amide bonds. The van der Waals surface area contributed by atoms with Gasteiger partial charge in [0.1, 0.15) is 5.75 Å². The first kappa shape index (κ1) is 20.7. The number of carbonyl (C=O) groups excluding carboxylic acids is 2. The van der Waals surface area contributed by atoms with E-state index in [1.807, 2.05) is 50.2 Å². The number of piperidine rings is 1. The summed E-state index contributed by atoms with van der Waals surface area (Å²) in [6.07, 6.45) is 1.86. The Morgan fingerprint density at radius 2 is 1.69 bits per heavy atom. The second-order valence-electron chi connectivity index (χ2n) is 7.68. The molecule has 0 aromatic heterocycles. The van der Waals surface area contributed by atoms with Crippen LogP contribution in [0.2, 0.25) is 0 Å². The molecule has 1 fully saturated rings. The number of nitrogens with zero attached hydrogens (tertiary/aromatic N) is 1. The number of carbonyl (C=O) groups is 2. The lowest BCUT2D eigenvalue weighted by atomic mass is 9.96. The van der Waals surface area contributed by atoms with Crippen LogP contribution >= 0.6 is 0 Å². The molecular formula is C23H29N3O3. The zero-order valence-corrected chi connectivity index (χ0v) is 17.1. The van der Waals surface area contributed by atoms with Gasteiger partial charge in [-0.3, -0.25) is 9.59 Å². The quantitative estimate of drug-likeness (QED) is 0.752. The van der Waals surface area contributed by atoms with Crippen LogP contribution in [0.25, 0.3) is 0 Å². The van der Waals surface area contributed by atoms with Crippen LogP contribution < -0.4 is 20.7 Å². The van der Waals surface area contributed by atoms with E-state index in [9.17, 15) is 9.59 Å². The summed E-state index contributed by atoms with van der Waals surface area (Å²) in [4.78, 5) is 25.7. The van der Waals surface area contributed by atoms with Gasteiger partial charge in [-0.05, 0) is 74.2 Å². The zero-order chi connectivity index (χ0) is 20.8. The van der Waals surface area contributed by atoms with Gasteiger partial charge in [-0.15, -0.1) is 0 Å². The Bertz CT molecular complexity index is 836. The molecule has 0 atom stereocenters. The lowest BCUT2D eigenvalue weighted by Crippen LogP contribution is -2.38. The van der Waals surface area contributed by atoms with E-state index in [1.54, 1.807) is 0 Å². The van der Waals surface area contributed by atoms with Crippen LogP contribution in [0, 0.1) is 19.8 Å². The van der Waals surface area contributed by atoms with E-state index in [1.165, 1.54) is 0 Å². The van der Waals surface area contributed by atoms with Crippen molar-refractivity contribution in [3.8, 4) is 5.75 Å². The molecule has 0 aliphatic carbocycles. The summed E-state index contributed by atoms with van der Waals surface area (Å²) < 4.78 is 5.70. The largest absolute Gasteiger partial charge is 0.493 e. The van der Waals surface area contributed by atoms with Gasteiger partial charge in [0, 0.05) is 30.4 Å². The average Bonchev–Trinajstić information content (AvgIpc) is 2.68. The smallest absolute Gasteiger partial charge is 0.227 e. The van der Waals surface area contributed by atoms with Crippen LogP contribution in [0.4, 0.5) is 11.4 Å². The molecule has 6 heteroatoms. The number of rotatable bonds is 7. The summed E-state index contributed by atoms with van der Waals surface area (Å²) in [6.45, 7) is 6.01. The first-order chi connectivity index (χ1) is 13.9. The number of amides is 2. The number of hydrogen-bond donors (Lipinski definition) is 2.